The molecule has 0 spiro atoms. The average Bonchev–Trinajstić information content (AvgIpc) is 2.19. The SMILES string of the molecule is CN(CC1CCCCO1)C(CN)C(=O)O. The van der Waals surface area contributed by atoms with Crippen LogP contribution in [0.5, 0.6) is 0 Å². The molecule has 1 fully saturated rings. The minimum atomic E-state index is -0.865. The zero-order valence-corrected chi connectivity index (χ0v) is 9.19. The second-order valence-electron chi connectivity index (χ2n) is 4.02. The lowest BCUT2D eigenvalue weighted by Crippen LogP contribution is -2.47. The van der Waals surface area contributed by atoms with Gasteiger partial charge in [0.25, 0.3) is 0 Å². The summed E-state index contributed by atoms with van der Waals surface area (Å²) in [5, 5.41) is 8.91. The quantitative estimate of drug-likeness (QED) is 0.671. The number of nitrogens with zero attached hydrogens (tertiary/aromatic N) is 1. The van der Waals surface area contributed by atoms with Crippen molar-refractivity contribution in [2.24, 2.45) is 5.73 Å². The van der Waals surface area contributed by atoms with Gasteiger partial charge < -0.3 is 15.6 Å². The van der Waals surface area contributed by atoms with Gasteiger partial charge in [0.15, 0.2) is 0 Å². The zero-order chi connectivity index (χ0) is 11.3. The molecule has 0 aliphatic carbocycles. The second kappa shape index (κ2) is 6.05. The molecule has 0 aromatic carbocycles. The van der Waals surface area contributed by atoms with E-state index >= 15 is 0 Å². The summed E-state index contributed by atoms with van der Waals surface area (Å²) in [6.07, 6.45) is 3.46. The number of likely N-dealkylation sites (N-methyl/N-ethyl adjacent to an activating group) is 1. The fourth-order valence-corrected chi connectivity index (χ4v) is 1.87. The molecule has 1 heterocycles. The zero-order valence-electron chi connectivity index (χ0n) is 9.19. The Morgan fingerprint density at radius 2 is 2.40 bits per heavy atom. The first kappa shape index (κ1) is 12.4. The molecule has 2 unspecified atom stereocenters. The first-order chi connectivity index (χ1) is 7.15. The fraction of sp³-hybridized carbons (Fsp3) is 0.900. The smallest absolute Gasteiger partial charge is 0.322 e. The highest BCUT2D eigenvalue weighted by atomic mass is 16.5. The molecule has 15 heavy (non-hydrogen) atoms. The van der Waals surface area contributed by atoms with E-state index in [1.54, 1.807) is 11.9 Å². The third kappa shape index (κ3) is 3.77. The van der Waals surface area contributed by atoms with Crippen molar-refractivity contribution in [3.05, 3.63) is 0 Å². The maximum atomic E-state index is 10.9. The summed E-state index contributed by atoms with van der Waals surface area (Å²) in [5.74, 6) is -0.865. The molecule has 5 nitrogen and oxygen atoms in total. The molecule has 0 aromatic heterocycles. The van der Waals surface area contributed by atoms with Gasteiger partial charge in [-0.1, -0.05) is 0 Å². The van der Waals surface area contributed by atoms with Gasteiger partial charge >= 0.3 is 5.97 Å². The van der Waals surface area contributed by atoms with Crippen LogP contribution in [0.25, 0.3) is 0 Å². The summed E-state index contributed by atoms with van der Waals surface area (Å²) < 4.78 is 5.55. The minimum Gasteiger partial charge on any atom is -0.480 e. The normalized spacial score (nSPS) is 24.1. The predicted octanol–water partition coefficient (Wildman–Crippen LogP) is -0.101. The Morgan fingerprint density at radius 3 is 2.87 bits per heavy atom. The van der Waals surface area contributed by atoms with Gasteiger partial charge in [0, 0.05) is 19.7 Å². The second-order valence-corrected chi connectivity index (χ2v) is 4.02. The number of ether oxygens (including phenoxy) is 1. The molecule has 0 saturated carbocycles. The maximum Gasteiger partial charge on any atom is 0.322 e. The van der Waals surface area contributed by atoms with Crippen molar-refractivity contribution in [3.63, 3.8) is 0 Å². The fourth-order valence-electron chi connectivity index (χ4n) is 1.87. The van der Waals surface area contributed by atoms with Gasteiger partial charge in [-0.3, -0.25) is 9.69 Å². The van der Waals surface area contributed by atoms with Crippen LogP contribution in [0, 0.1) is 0 Å². The van der Waals surface area contributed by atoms with Gasteiger partial charge in [-0.25, -0.2) is 0 Å². The minimum absolute atomic E-state index is 0.137. The molecular weight excluding hydrogens is 196 g/mol. The summed E-state index contributed by atoms with van der Waals surface area (Å²) in [6.45, 7) is 1.57. The Hall–Kier alpha value is -0.650. The van der Waals surface area contributed by atoms with Crippen molar-refractivity contribution in [2.75, 3.05) is 26.7 Å². The number of hydrogen-bond donors (Lipinski definition) is 2. The van der Waals surface area contributed by atoms with Crippen molar-refractivity contribution < 1.29 is 14.6 Å². The van der Waals surface area contributed by atoms with E-state index in [1.807, 2.05) is 0 Å². The molecule has 1 aliphatic rings. The predicted molar refractivity (Wildman–Crippen MR) is 56.7 cm³/mol. The molecular formula is C10H20N2O3. The molecule has 1 saturated heterocycles. The lowest BCUT2D eigenvalue weighted by Gasteiger charge is -2.30. The lowest BCUT2D eigenvalue weighted by atomic mass is 10.1. The molecule has 3 N–H and O–H groups in total. The van der Waals surface area contributed by atoms with Gasteiger partial charge in [0.2, 0.25) is 0 Å². The van der Waals surface area contributed by atoms with Crippen LogP contribution in [0.2, 0.25) is 0 Å². The van der Waals surface area contributed by atoms with Crippen molar-refractivity contribution in [3.8, 4) is 0 Å². The van der Waals surface area contributed by atoms with E-state index in [-0.39, 0.29) is 12.6 Å². The Kier molecular flexibility index (Phi) is 5.01. The molecule has 0 radical (unpaired) electrons. The summed E-state index contributed by atoms with van der Waals surface area (Å²) in [5.41, 5.74) is 5.42. The van der Waals surface area contributed by atoms with Gasteiger partial charge in [-0.15, -0.1) is 0 Å². The molecule has 0 aromatic rings. The van der Waals surface area contributed by atoms with Crippen LogP contribution in [0.4, 0.5) is 0 Å². The standard InChI is InChI=1S/C10H20N2O3/c1-12(9(6-11)10(13)14)7-8-4-2-3-5-15-8/h8-9H,2-7,11H2,1H3,(H,13,14). The van der Waals surface area contributed by atoms with Crippen molar-refractivity contribution >= 4 is 5.97 Å². The van der Waals surface area contributed by atoms with Crippen molar-refractivity contribution in [1.29, 1.82) is 0 Å². The van der Waals surface area contributed by atoms with Crippen LogP contribution in [0.3, 0.4) is 0 Å². The Morgan fingerprint density at radius 1 is 1.67 bits per heavy atom. The Balaban J connectivity index is 2.38. The third-order valence-electron chi connectivity index (χ3n) is 2.81. The number of hydrogen-bond acceptors (Lipinski definition) is 4. The van der Waals surface area contributed by atoms with Gasteiger partial charge in [-0.2, -0.15) is 0 Å². The van der Waals surface area contributed by atoms with Gasteiger partial charge in [-0.05, 0) is 26.3 Å². The van der Waals surface area contributed by atoms with Crippen molar-refractivity contribution in [1.82, 2.24) is 4.90 Å². The van der Waals surface area contributed by atoms with E-state index in [9.17, 15) is 4.79 Å². The molecule has 5 heteroatoms. The van der Waals surface area contributed by atoms with E-state index < -0.39 is 12.0 Å². The van der Waals surface area contributed by atoms with Crippen LogP contribution in [-0.4, -0.2) is 54.9 Å². The number of aliphatic carboxylic acids is 1. The largest absolute Gasteiger partial charge is 0.480 e. The monoisotopic (exact) mass is 216 g/mol. The lowest BCUT2D eigenvalue weighted by molar-refractivity contribution is -0.143. The Labute approximate surface area is 90.2 Å². The number of rotatable bonds is 5. The van der Waals surface area contributed by atoms with Crippen molar-refractivity contribution in [2.45, 2.75) is 31.4 Å². The average molecular weight is 216 g/mol. The molecule has 1 aliphatic heterocycles. The van der Waals surface area contributed by atoms with Crippen LogP contribution < -0.4 is 5.73 Å². The highest BCUT2D eigenvalue weighted by Gasteiger charge is 2.24. The number of carboxylic acid groups (broad SMARTS) is 1. The summed E-state index contributed by atoms with van der Waals surface area (Å²) >= 11 is 0. The van der Waals surface area contributed by atoms with Crippen LogP contribution in [-0.2, 0) is 9.53 Å². The number of carbonyl (C=O) groups is 1. The number of nitrogens with two attached hydrogens (primary N) is 1. The number of carboxylic acids is 1. The topological polar surface area (TPSA) is 75.8 Å². The van der Waals surface area contributed by atoms with E-state index in [1.165, 1.54) is 6.42 Å². The van der Waals surface area contributed by atoms with Crippen LogP contribution >= 0.6 is 0 Å². The van der Waals surface area contributed by atoms with Gasteiger partial charge in [0.05, 0.1) is 6.10 Å². The first-order valence-electron chi connectivity index (χ1n) is 5.40. The van der Waals surface area contributed by atoms with E-state index in [2.05, 4.69) is 0 Å². The highest BCUT2D eigenvalue weighted by molar-refractivity contribution is 5.73. The van der Waals surface area contributed by atoms with E-state index in [0.29, 0.717) is 6.54 Å². The van der Waals surface area contributed by atoms with Gasteiger partial charge in [0.1, 0.15) is 6.04 Å². The summed E-state index contributed by atoms with van der Waals surface area (Å²) in [6, 6.07) is -0.601. The summed E-state index contributed by atoms with van der Waals surface area (Å²) in [4.78, 5) is 12.6. The van der Waals surface area contributed by atoms with E-state index in [0.717, 1.165) is 19.4 Å². The van der Waals surface area contributed by atoms with E-state index in [4.69, 9.17) is 15.6 Å². The summed E-state index contributed by atoms with van der Waals surface area (Å²) in [7, 11) is 1.78. The first-order valence-corrected chi connectivity index (χ1v) is 5.40. The molecule has 2 atom stereocenters. The Bertz CT molecular complexity index is 205. The molecule has 0 amide bonds. The highest BCUT2D eigenvalue weighted by Crippen LogP contribution is 2.14. The van der Waals surface area contributed by atoms with Crippen LogP contribution in [0.15, 0.2) is 0 Å². The molecule has 0 bridgehead atoms. The molecule has 88 valence electrons. The van der Waals surface area contributed by atoms with Crippen LogP contribution in [0.1, 0.15) is 19.3 Å². The third-order valence-corrected chi connectivity index (χ3v) is 2.81. The maximum absolute atomic E-state index is 10.9. The molecule has 1 rings (SSSR count).